The molecule has 0 saturated carbocycles. The summed E-state index contributed by atoms with van der Waals surface area (Å²) in [5.41, 5.74) is 0. The van der Waals surface area contributed by atoms with Gasteiger partial charge >= 0.3 is 0 Å². The third-order valence-corrected chi connectivity index (χ3v) is 1.58. The molecule has 11 heavy (non-hydrogen) atoms. The second-order valence-corrected chi connectivity index (χ2v) is 2.35. The monoisotopic (exact) mass is 159 g/mol. The number of aliphatic hydroxyl groups excluding tert-OH is 1. The summed E-state index contributed by atoms with van der Waals surface area (Å²) in [4.78, 5) is 0. The maximum Gasteiger partial charge on any atom is 0.126 e. The topological polar surface area (TPSA) is 41.5 Å². The molecule has 0 aliphatic carbocycles. The summed E-state index contributed by atoms with van der Waals surface area (Å²) in [6.45, 7) is 5.72. The summed E-state index contributed by atoms with van der Waals surface area (Å²) in [5.74, 6) is 0. The Hall–Kier alpha value is -0.380. The van der Waals surface area contributed by atoms with Crippen molar-refractivity contribution in [2.24, 2.45) is 0 Å². The minimum absolute atomic E-state index is 0.0953. The van der Waals surface area contributed by atoms with Gasteiger partial charge in [0.2, 0.25) is 0 Å². The number of methoxy groups -OCH3 is 1. The zero-order valence-corrected chi connectivity index (χ0v) is 7.21. The lowest BCUT2D eigenvalue weighted by Crippen LogP contribution is -2.39. The van der Waals surface area contributed by atoms with Gasteiger partial charge in [-0.1, -0.05) is 13.5 Å². The van der Waals surface area contributed by atoms with Gasteiger partial charge in [0.25, 0.3) is 0 Å². The molecule has 0 aliphatic rings. The van der Waals surface area contributed by atoms with Gasteiger partial charge in [-0.3, -0.25) is 5.32 Å². The smallest absolute Gasteiger partial charge is 0.126 e. The molecule has 0 saturated heterocycles. The van der Waals surface area contributed by atoms with Crippen LogP contribution < -0.4 is 5.32 Å². The van der Waals surface area contributed by atoms with Gasteiger partial charge in [0, 0.05) is 13.2 Å². The maximum absolute atomic E-state index is 8.81. The molecular weight excluding hydrogens is 142 g/mol. The Morgan fingerprint density at radius 3 is 2.64 bits per heavy atom. The van der Waals surface area contributed by atoms with E-state index in [1.165, 1.54) is 0 Å². The van der Waals surface area contributed by atoms with E-state index in [1.807, 2.05) is 6.92 Å². The van der Waals surface area contributed by atoms with Crippen LogP contribution in [0.15, 0.2) is 12.7 Å². The molecule has 0 aromatic carbocycles. The molecule has 2 N–H and O–H groups in total. The maximum atomic E-state index is 8.81. The number of hydrogen-bond acceptors (Lipinski definition) is 3. The van der Waals surface area contributed by atoms with E-state index in [9.17, 15) is 0 Å². The number of aliphatic hydroxyl groups is 1. The second kappa shape index (κ2) is 6.34. The zero-order chi connectivity index (χ0) is 8.69. The van der Waals surface area contributed by atoms with Crippen molar-refractivity contribution in [2.75, 3.05) is 13.7 Å². The van der Waals surface area contributed by atoms with Crippen molar-refractivity contribution in [3.05, 3.63) is 12.7 Å². The van der Waals surface area contributed by atoms with Crippen LogP contribution in [0.2, 0.25) is 0 Å². The third kappa shape index (κ3) is 4.14. The normalized spacial score (nSPS) is 15.9. The van der Waals surface area contributed by atoms with Crippen molar-refractivity contribution in [1.29, 1.82) is 0 Å². The molecule has 0 bridgehead atoms. The Morgan fingerprint density at radius 2 is 2.36 bits per heavy atom. The van der Waals surface area contributed by atoms with Gasteiger partial charge in [-0.05, 0) is 12.5 Å². The minimum atomic E-state index is -0.160. The minimum Gasteiger partial charge on any atom is -0.395 e. The van der Waals surface area contributed by atoms with Crippen molar-refractivity contribution >= 4 is 0 Å². The summed E-state index contributed by atoms with van der Waals surface area (Å²) in [7, 11) is 1.60. The summed E-state index contributed by atoms with van der Waals surface area (Å²) >= 11 is 0. The van der Waals surface area contributed by atoms with Gasteiger partial charge < -0.3 is 9.84 Å². The molecule has 0 fully saturated rings. The SMILES string of the molecule is C=CC(NC(CC)CO)OC. The molecule has 0 amide bonds. The van der Waals surface area contributed by atoms with E-state index in [4.69, 9.17) is 9.84 Å². The lowest BCUT2D eigenvalue weighted by molar-refractivity contribution is 0.0876. The summed E-state index contributed by atoms with van der Waals surface area (Å²) in [6.07, 6.45) is 2.38. The molecule has 3 heteroatoms. The van der Waals surface area contributed by atoms with Crippen molar-refractivity contribution in [2.45, 2.75) is 25.6 Å². The summed E-state index contributed by atoms with van der Waals surface area (Å²) in [5, 5.41) is 11.9. The van der Waals surface area contributed by atoms with Crippen LogP contribution in [0.25, 0.3) is 0 Å². The molecule has 2 atom stereocenters. The predicted molar refractivity (Wildman–Crippen MR) is 45.3 cm³/mol. The lowest BCUT2D eigenvalue weighted by atomic mass is 10.2. The van der Waals surface area contributed by atoms with Gasteiger partial charge in [-0.25, -0.2) is 0 Å². The fraction of sp³-hybridized carbons (Fsp3) is 0.750. The first kappa shape index (κ1) is 10.6. The Morgan fingerprint density at radius 1 is 1.73 bits per heavy atom. The highest BCUT2D eigenvalue weighted by molar-refractivity contribution is 4.80. The predicted octanol–water partition coefficient (Wildman–Crippen LogP) is 0.505. The van der Waals surface area contributed by atoms with Crippen molar-refractivity contribution < 1.29 is 9.84 Å². The van der Waals surface area contributed by atoms with Gasteiger partial charge in [0.1, 0.15) is 6.23 Å². The van der Waals surface area contributed by atoms with Crippen LogP contribution >= 0.6 is 0 Å². The van der Waals surface area contributed by atoms with Gasteiger partial charge in [0.05, 0.1) is 6.61 Å². The standard InChI is InChI=1S/C8H17NO2/c1-4-7(6-10)9-8(5-2)11-3/h5,7-10H,2,4,6H2,1,3H3. The molecule has 3 nitrogen and oxygen atoms in total. The molecule has 2 unspecified atom stereocenters. The highest BCUT2D eigenvalue weighted by atomic mass is 16.5. The fourth-order valence-corrected chi connectivity index (χ4v) is 0.764. The zero-order valence-electron chi connectivity index (χ0n) is 7.21. The molecule has 0 radical (unpaired) electrons. The van der Waals surface area contributed by atoms with E-state index in [1.54, 1.807) is 13.2 Å². The highest BCUT2D eigenvalue weighted by Gasteiger charge is 2.08. The van der Waals surface area contributed by atoms with Gasteiger partial charge in [0.15, 0.2) is 0 Å². The molecule has 0 aromatic rings. The van der Waals surface area contributed by atoms with Crippen LogP contribution in [0, 0.1) is 0 Å². The molecule has 0 rings (SSSR count). The first-order valence-electron chi connectivity index (χ1n) is 3.80. The van der Waals surface area contributed by atoms with Crippen LogP contribution in [0.4, 0.5) is 0 Å². The Balaban J connectivity index is 3.67. The van der Waals surface area contributed by atoms with Crippen LogP contribution in [-0.4, -0.2) is 31.1 Å². The van der Waals surface area contributed by atoms with Crippen molar-refractivity contribution in [3.63, 3.8) is 0 Å². The average Bonchev–Trinajstić information content (AvgIpc) is 2.07. The van der Waals surface area contributed by atoms with E-state index in [2.05, 4.69) is 11.9 Å². The van der Waals surface area contributed by atoms with Crippen LogP contribution in [0.1, 0.15) is 13.3 Å². The van der Waals surface area contributed by atoms with Crippen LogP contribution in [-0.2, 0) is 4.74 Å². The summed E-state index contributed by atoms with van der Waals surface area (Å²) < 4.78 is 4.99. The number of ether oxygens (including phenoxy) is 1. The molecule has 0 heterocycles. The first-order chi connectivity index (χ1) is 5.28. The van der Waals surface area contributed by atoms with Gasteiger partial charge in [-0.15, -0.1) is 0 Å². The Labute approximate surface area is 68.1 Å². The third-order valence-electron chi connectivity index (χ3n) is 1.58. The fourth-order valence-electron chi connectivity index (χ4n) is 0.764. The lowest BCUT2D eigenvalue weighted by Gasteiger charge is -2.19. The molecule has 66 valence electrons. The van der Waals surface area contributed by atoms with Crippen LogP contribution in [0.5, 0.6) is 0 Å². The molecule has 0 aromatic heterocycles. The van der Waals surface area contributed by atoms with E-state index in [0.29, 0.717) is 0 Å². The first-order valence-corrected chi connectivity index (χ1v) is 3.80. The number of hydrogen-bond donors (Lipinski definition) is 2. The largest absolute Gasteiger partial charge is 0.395 e. The second-order valence-electron chi connectivity index (χ2n) is 2.35. The Bertz CT molecular complexity index is 102. The molecule has 0 aliphatic heterocycles. The number of nitrogens with one attached hydrogen (secondary N) is 1. The van der Waals surface area contributed by atoms with E-state index >= 15 is 0 Å². The van der Waals surface area contributed by atoms with E-state index < -0.39 is 0 Å². The summed E-state index contributed by atoms with van der Waals surface area (Å²) in [6, 6.07) is 0.0953. The van der Waals surface area contributed by atoms with Crippen LogP contribution in [0.3, 0.4) is 0 Å². The van der Waals surface area contributed by atoms with Crippen molar-refractivity contribution in [1.82, 2.24) is 5.32 Å². The average molecular weight is 159 g/mol. The molecular formula is C8H17NO2. The molecule has 0 spiro atoms. The highest BCUT2D eigenvalue weighted by Crippen LogP contribution is 1.93. The Kier molecular flexibility index (Phi) is 6.12. The van der Waals surface area contributed by atoms with Crippen molar-refractivity contribution in [3.8, 4) is 0 Å². The number of rotatable bonds is 6. The van der Waals surface area contributed by atoms with E-state index in [-0.39, 0.29) is 18.9 Å². The van der Waals surface area contributed by atoms with E-state index in [0.717, 1.165) is 6.42 Å². The quantitative estimate of drug-likeness (QED) is 0.438. The van der Waals surface area contributed by atoms with Gasteiger partial charge in [-0.2, -0.15) is 0 Å².